The van der Waals surface area contributed by atoms with Gasteiger partial charge in [-0.05, 0) is 30.7 Å². The highest BCUT2D eigenvalue weighted by atomic mass is 19.2. The third-order valence-corrected chi connectivity index (χ3v) is 6.94. The molecule has 3 heterocycles. The van der Waals surface area contributed by atoms with Crippen molar-refractivity contribution < 1.29 is 8.78 Å². The van der Waals surface area contributed by atoms with Crippen LogP contribution in [-0.2, 0) is 14.1 Å². The van der Waals surface area contributed by atoms with E-state index in [0.717, 1.165) is 27.4 Å². The molecule has 0 spiro atoms. The Morgan fingerprint density at radius 2 is 1.58 bits per heavy atom. The van der Waals surface area contributed by atoms with Crippen LogP contribution < -0.4 is 16.6 Å². The molecule has 5 aromatic rings. The number of rotatable bonds is 2. The van der Waals surface area contributed by atoms with Crippen molar-refractivity contribution >= 4 is 16.6 Å². The fourth-order valence-corrected chi connectivity index (χ4v) is 5.18. The maximum Gasteiger partial charge on any atom is 0.331 e. The molecule has 1 aliphatic rings. The molecule has 3 aromatic carbocycles. The second-order valence-corrected chi connectivity index (χ2v) is 9.10. The standard InChI is InChI=1S/C28H22F2N4O2/c1-15-11-13-16(14-12-15)24-21-25(32(2)28(36)33(3)27(21)35)26-23(17-7-6-8-18(29)22(17)30)31-19-9-4-5-10-20(19)34(24)26/h4-14,23,31H,1-3H3/t23-/m1/s1. The number of aryl methyl sites for hydroxylation is 2. The molecule has 0 fully saturated rings. The van der Waals surface area contributed by atoms with E-state index < -0.39 is 28.9 Å². The highest BCUT2D eigenvalue weighted by molar-refractivity contribution is 5.99. The van der Waals surface area contributed by atoms with E-state index in [1.165, 1.54) is 23.7 Å². The van der Waals surface area contributed by atoms with Crippen molar-refractivity contribution in [2.75, 3.05) is 5.32 Å². The van der Waals surface area contributed by atoms with Crippen LogP contribution in [0.25, 0.3) is 27.8 Å². The van der Waals surface area contributed by atoms with Gasteiger partial charge in [0.25, 0.3) is 5.56 Å². The molecule has 36 heavy (non-hydrogen) atoms. The molecule has 6 rings (SSSR count). The van der Waals surface area contributed by atoms with Gasteiger partial charge in [0.1, 0.15) is 0 Å². The molecule has 1 aliphatic heterocycles. The van der Waals surface area contributed by atoms with Crippen molar-refractivity contribution in [1.82, 2.24) is 13.7 Å². The summed E-state index contributed by atoms with van der Waals surface area (Å²) in [5, 5.41) is 3.66. The SMILES string of the molecule is Cc1ccc(-c2c3c(=O)n(C)c(=O)n(C)c3c3n2-c2ccccc2N[C@@H]3c2cccc(F)c2F)cc1. The first-order valence-electron chi connectivity index (χ1n) is 11.5. The summed E-state index contributed by atoms with van der Waals surface area (Å²) in [6.45, 7) is 1.97. The molecule has 0 saturated heterocycles. The fraction of sp³-hybridized carbons (Fsp3) is 0.143. The number of nitrogens with zero attached hydrogens (tertiary/aromatic N) is 3. The van der Waals surface area contributed by atoms with Gasteiger partial charge in [0.15, 0.2) is 11.6 Å². The van der Waals surface area contributed by atoms with Crippen LogP contribution in [0, 0.1) is 18.6 Å². The summed E-state index contributed by atoms with van der Waals surface area (Å²) >= 11 is 0. The molecule has 0 radical (unpaired) electrons. The molecule has 0 amide bonds. The molecule has 1 atom stereocenters. The molecule has 0 saturated carbocycles. The highest BCUT2D eigenvalue weighted by Crippen LogP contribution is 2.45. The molecule has 6 nitrogen and oxygen atoms in total. The van der Waals surface area contributed by atoms with Crippen LogP contribution in [0.5, 0.6) is 0 Å². The number of anilines is 1. The maximum atomic E-state index is 15.2. The number of benzene rings is 3. The minimum Gasteiger partial charge on any atom is -0.371 e. The summed E-state index contributed by atoms with van der Waals surface area (Å²) in [7, 11) is 3.03. The first-order chi connectivity index (χ1) is 17.3. The van der Waals surface area contributed by atoms with E-state index in [1.54, 1.807) is 7.05 Å². The summed E-state index contributed by atoms with van der Waals surface area (Å²) in [4.78, 5) is 26.7. The maximum absolute atomic E-state index is 15.2. The Balaban J connectivity index is 1.87. The second-order valence-electron chi connectivity index (χ2n) is 9.10. The summed E-state index contributed by atoms with van der Waals surface area (Å²) in [6.07, 6.45) is 0. The summed E-state index contributed by atoms with van der Waals surface area (Å²) < 4.78 is 33.9. The van der Waals surface area contributed by atoms with Crippen LogP contribution in [0.2, 0.25) is 0 Å². The van der Waals surface area contributed by atoms with Crippen molar-refractivity contribution in [3.63, 3.8) is 0 Å². The van der Waals surface area contributed by atoms with Gasteiger partial charge in [-0.3, -0.25) is 13.9 Å². The zero-order valence-corrected chi connectivity index (χ0v) is 19.8. The van der Waals surface area contributed by atoms with Gasteiger partial charge in [0, 0.05) is 19.7 Å². The number of para-hydroxylation sites is 2. The van der Waals surface area contributed by atoms with E-state index in [2.05, 4.69) is 5.32 Å². The van der Waals surface area contributed by atoms with Crippen LogP contribution in [0.1, 0.15) is 22.9 Å². The van der Waals surface area contributed by atoms with Gasteiger partial charge < -0.3 is 9.88 Å². The van der Waals surface area contributed by atoms with Crippen molar-refractivity contribution in [2.45, 2.75) is 13.0 Å². The number of halogens is 2. The molecule has 180 valence electrons. The van der Waals surface area contributed by atoms with Crippen LogP contribution in [0.4, 0.5) is 14.5 Å². The average molecular weight is 485 g/mol. The summed E-state index contributed by atoms with van der Waals surface area (Å²) in [5.74, 6) is -1.96. The van der Waals surface area contributed by atoms with Gasteiger partial charge in [-0.1, -0.05) is 54.1 Å². The Hall–Kier alpha value is -4.46. The number of nitrogens with one attached hydrogen (secondary N) is 1. The number of aromatic nitrogens is 3. The lowest BCUT2D eigenvalue weighted by Gasteiger charge is -2.31. The van der Waals surface area contributed by atoms with Crippen molar-refractivity contribution in [3.05, 3.63) is 116 Å². The number of fused-ring (bicyclic) bond motifs is 5. The molecular weight excluding hydrogens is 462 g/mol. The molecule has 0 aliphatic carbocycles. The van der Waals surface area contributed by atoms with E-state index in [1.807, 2.05) is 60.0 Å². The lowest BCUT2D eigenvalue weighted by molar-refractivity contribution is 0.495. The van der Waals surface area contributed by atoms with Crippen LogP contribution in [-0.4, -0.2) is 13.7 Å². The molecule has 1 N–H and O–H groups in total. The third-order valence-electron chi connectivity index (χ3n) is 6.94. The lowest BCUT2D eigenvalue weighted by atomic mass is 9.98. The first-order valence-corrected chi connectivity index (χ1v) is 11.5. The third kappa shape index (κ3) is 2.94. The van der Waals surface area contributed by atoms with Crippen LogP contribution in [0.15, 0.2) is 76.3 Å². The van der Waals surface area contributed by atoms with Crippen molar-refractivity contribution in [2.24, 2.45) is 14.1 Å². The van der Waals surface area contributed by atoms with Crippen LogP contribution in [0.3, 0.4) is 0 Å². The van der Waals surface area contributed by atoms with E-state index >= 15 is 4.39 Å². The van der Waals surface area contributed by atoms with Crippen molar-refractivity contribution in [3.8, 4) is 16.9 Å². The zero-order chi connectivity index (χ0) is 25.3. The van der Waals surface area contributed by atoms with Gasteiger partial charge in [-0.2, -0.15) is 0 Å². The first kappa shape index (κ1) is 22.0. The molecule has 0 unspecified atom stereocenters. The van der Waals surface area contributed by atoms with Gasteiger partial charge in [-0.25, -0.2) is 13.6 Å². The Bertz CT molecular complexity index is 1810. The Labute approximate surface area is 204 Å². The monoisotopic (exact) mass is 484 g/mol. The number of hydrogen-bond acceptors (Lipinski definition) is 3. The molecular formula is C28H22F2N4O2. The lowest BCUT2D eigenvalue weighted by Crippen LogP contribution is -2.37. The molecule has 0 bridgehead atoms. The minimum absolute atomic E-state index is 0.0775. The predicted octanol–water partition coefficient (Wildman–Crippen LogP) is 4.80. The largest absolute Gasteiger partial charge is 0.371 e. The van der Waals surface area contributed by atoms with Gasteiger partial charge in [-0.15, -0.1) is 0 Å². The van der Waals surface area contributed by atoms with E-state index in [4.69, 9.17) is 0 Å². The quantitative estimate of drug-likeness (QED) is 0.392. The Morgan fingerprint density at radius 1 is 0.861 bits per heavy atom. The smallest absolute Gasteiger partial charge is 0.331 e. The zero-order valence-electron chi connectivity index (χ0n) is 19.8. The summed E-state index contributed by atoms with van der Waals surface area (Å²) in [6, 6.07) is 18.4. The predicted molar refractivity (Wildman–Crippen MR) is 136 cm³/mol. The topological polar surface area (TPSA) is 61.0 Å². The van der Waals surface area contributed by atoms with Crippen molar-refractivity contribution in [1.29, 1.82) is 0 Å². The van der Waals surface area contributed by atoms with Gasteiger partial charge in [0.2, 0.25) is 0 Å². The fourth-order valence-electron chi connectivity index (χ4n) is 5.18. The normalized spacial score (nSPS) is 14.4. The van der Waals surface area contributed by atoms with E-state index in [0.29, 0.717) is 28.0 Å². The second kappa shape index (κ2) is 7.78. The Morgan fingerprint density at radius 3 is 2.33 bits per heavy atom. The molecule has 2 aromatic heterocycles. The van der Waals surface area contributed by atoms with Gasteiger partial charge >= 0.3 is 5.69 Å². The van der Waals surface area contributed by atoms with Gasteiger partial charge in [0.05, 0.1) is 39.7 Å². The average Bonchev–Trinajstić information content (AvgIpc) is 3.24. The van der Waals surface area contributed by atoms with E-state index in [9.17, 15) is 14.0 Å². The van der Waals surface area contributed by atoms with Crippen LogP contribution >= 0.6 is 0 Å². The summed E-state index contributed by atoms with van der Waals surface area (Å²) in [5.41, 5.74) is 3.81. The highest BCUT2D eigenvalue weighted by Gasteiger charge is 2.36. The molecule has 8 heteroatoms. The Kier molecular flexibility index (Phi) is 4.76. The van der Waals surface area contributed by atoms with E-state index in [-0.39, 0.29) is 5.56 Å². The number of hydrogen-bond donors (Lipinski definition) is 1. The minimum atomic E-state index is -0.985.